The highest BCUT2D eigenvalue weighted by Gasteiger charge is 2.39. The molecule has 0 saturated carbocycles. The number of carbonyl (C=O) groups is 2. The quantitative estimate of drug-likeness (QED) is 0.801. The molecule has 0 radical (unpaired) electrons. The number of hydrogen-bond acceptors (Lipinski definition) is 3. The van der Waals surface area contributed by atoms with Crippen LogP contribution in [0.1, 0.15) is 48.3 Å². The molecule has 0 spiro atoms. The summed E-state index contributed by atoms with van der Waals surface area (Å²) in [5.74, 6) is -0.0257. The first-order chi connectivity index (χ1) is 13.1. The second-order valence-electron chi connectivity index (χ2n) is 7.19. The summed E-state index contributed by atoms with van der Waals surface area (Å²) in [6, 6.07) is 17.2. The van der Waals surface area contributed by atoms with Gasteiger partial charge in [-0.1, -0.05) is 29.8 Å². The van der Waals surface area contributed by atoms with Gasteiger partial charge in [0.25, 0.3) is 0 Å². The van der Waals surface area contributed by atoms with Crippen molar-refractivity contribution in [1.29, 1.82) is 5.26 Å². The van der Waals surface area contributed by atoms with Crippen LogP contribution in [-0.4, -0.2) is 11.7 Å². The zero-order valence-corrected chi connectivity index (χ0v) is 15.2. The minimum Gasteiger partial charge on any atom is -0.294 e. The molecule has 1 unspecified atom stereocenters. The van der Waals surface area contributed by atoms with Crippen LogP contribution in [0.15, 0.2) is 59.8 Å². The van der Waals surface area contributed by atoms with Gasteiger partial charge in [-0.3, -0.25) is 14.5 Å². The Morgan fingerprint density at radius 2 is 1.70 bits per heavy atom. The molecule has 2 aromatic rings. The predicted molar refractivity (Wildman–Crippen MR) is 103 cm³/mol. The first kappa shape index (κ1) is 17.2. The topological polar surface area (TPSA) is 61.2 Å². The van der Waals surface area contributed by atoms with Gasteiger partial charge in [-0.2, -0.15) is 5.26 Å². The van der Waals surface area contributed by atoms with Gasteiger partial charge < -0.3 is 0 Å². The SMILES string of the molecule is Cc1ccc(C2CC(=O)N(c3ccc(C#N)cc3)C3=C2C(=O)CCC3)cc1. The van der Waals surface area contributed by atoms with Gasteiger partial charge in [-0.25, -0.2) is 0 Å². The van der Waals surface area contributed by atoms with Gasteiger partial charge in [-0.15, -0.1) is 0 Å². The lowest BCUT2D eigenvalue weighted by molar-refractivity contribution is -0.119. The van der Waals surface area contributed by atoms with E-state index < -0.39 is 0 Å². The van der Waals surface area contributed by atoms with Crippen LogP contribution in [0.25, 0.3) is 0 Å². The Morgan fingerprint density at radius 3 is 2.37 bits per heavy atom. The van der Waals surface area contributed by atoms with Crippen molar-refractivity contribution in [3.8, 4) is 6.07 Å². The number of allylic oxidation sites excluding steroid dienone is 2. The molecular weight excluding hydrogens is 336 g/mol. The van der Waals surface area contributed by atoms with E-state index in [4.69, 9.17) is 5.26 Å². The molecule has 0 fully saturated rings. The van der Waals surface area contributed by atoms with Gasteiger partial charge in [-0.05, 0) is 49.6 Å². The fourth-order valence-electron chi connectivity index (χ4n) is 4.06. The highest BCUT2D eigenvalue weighted by molar-refractivity contribution is 6.07. The van der Waals surface area contributed by atoms with Gasteiger partial charge >= 0.3 is 0 Å². The third-order valence-electron chi connectivity index (χ3n) is 5.41. The smallest absolute Gasteiger partial charge is 0.232 e. The van der Waals surface area contributed by atoms with Crippen LogP contribution < -0.4 is 4.90 Å². The third-order valence-corrected chi connectivity index (χ3v) is 5.41. The number of aryl methyl sites for hydroxylation is 1. The molecule has 134 valence electrons. The molecule has 1 heterocycles. The maximum absolute atomic E-state index is 13.1. The number of hydrogen-bond donors (Lipinski definition) is 0. The minimum atomic E-state index is -0.171. The average molecular weight is 356 g/mol. The molecule has 4 rings (SSSR count). The third kappa shape index (κ3) is 3.06. The number of amides is 1. The largest absolute Gasteiger partial charge is 0.294 e. The van der Waals surface area contributed by atoms with E-state index >= 15 is 0 Å². The zero-order valence-electron chi connectivity index (χ0n) is 15.2. The van der Waals surface area contributed by atoms with Gasteiger partial charge in [0.1, 0.15) is 0 Å². The van der Waals surface area contributed by atoms with E-state index in [1.807, 2.05) is 31.2 Å². The van der Waals surface area contributed by atoms with E-state index in [0.29, 0.717) is 12.0 Å². The maximum Gasteiger partial charge on any atom is 0.232 e. The molecule has 4 nitrogen and oxygen atoms in total. The molecule has 1 aliphatic carbocycles. The Morgan fingerprint density at radius 1 is 1.00 bits per heavy atom. The molecule has 0 N–H and O–H groups in total. The van der Waals surface area contributed by atoms with Gasteiger partial charge in [0.2, 0.25) is 5.91 Å². The number of carbonyl (C=O) groups excluding carboxylic acids is 2. The Hall–Kier alpha value is -3.19. The van der Waals surface area contributed by atoms with Crippen LogP contribution in [0.3, 0.4) is 0 Å². The van der Waals surface area contributed by atoms with Crippen molar-refractivity contribution >= 4 is 17.4 Å². The Balaban J connectivity index is 1.82. The number of anilines is 1. The predicted octanol–water partition coefficient (Wildman–Crippen LogP) is 4.39. The summed E-state index contributed by atoms with van der Waals surface area (Å²) in [7, 11) is 0. The Labute approximate surface area is 158 Å². The number of nitriles is 1. The zero-order chi connectivity index (χ0) is 19.0. The fraction of sp³-hybridized carbons (Fsp3) is 0.261. The van der Waals surface area contributed by atoms with Crippen LogP contribution in [0.2, 0.25) is 0 Å². The van der Waals surface area contributed by atoms with Gasteiger partial charge in [0, 0.05) is 35.7 Å². The fourth-order valence-corrected chi connectivity index (χ4v) is 4.06. The molecule has 0 aromatic heterocycles. The van der Waals surface area contributed by atoms with Crippen molar-refractivity contribution in [2.24, 2.45) is 0 Å². The number of Topliss-reactive ketones (excluding diaryl/α,β-unsaturated/α-hetero) is 1. The van der Waals surface area contributed by atoms with Crippen LogP contribution in [0, 0.1) is 18.3 Å². The summed E-state index contributed by atoms with van der Waals surface area (Å²) >= 11 is 0. The first-order valence-corrected chi connectivity index (χ1v) is 9.24. The summed E-state index contributed by atoms with van der Waals surface area (Å²) in [6.07, 6.45) is 2.30. The van der Waals surface area contributed by atoms with Crippen LogP contribution in [0.4, 0.5) is 5.69 Å². The number of nitrogens with zero attached hydrogens (tertiary/aromatic N) is 2. The molecule has 4 heteroatoms. The summed E-state index contributed by atoms with van der Waals surface area (Å²) in [5.41, 5.74) is 5.07. The van der Waals surface area contributed by atoms with Crippen molar-refractivity contribution in [2.45, 2.75) is 38.5 Å². The van der Waals surface area contributed by atoms with Crippen molar-refractivity contribution in [3.63, 3.8) is 0 Å². The average Bonchev–Trinajstić information content (AvgIpc) is 2.68. The van der Waals surface area contributed by atoms with Gasteiger partial charge in [0.15, 0.2) is 5.78 Å². The number of ketones is 1. The Bertz CT molecular complexity index is 979. The lowest BCUT2D eigenvalue weighted by Gasteiger charge is -2.38. The molecule has 0 saturated heterocycles. The summed E-state index contributed by atoms with van der Waals surface area (Å²) < 4.78 is 0. The normalized spacial score (nSPS) is 19.7. The molecule has 1 atom stereocenters. The van der Waals surface area contributed by atoms with Gasteiger partial charge in [0.05, 0.1) is 11.6 Å². The molecule has 27 heavy (non-hydrogen) atoms. The first-order valence-electron chi connectivity index (χ1n) is 9.24. The molecule has 2 aliphatic rings. The van der Waals surface area contributed by atoms with Crippen molar-refractivity contribution in [3.05, 3.63) is 76.5 Å². The minimum absolute atomic E-state index is 0.00117. The van der Waals surface area contributed by atoms with Crippen LogP contribution in [0.5, 0.6) is 0 Å². The van der Waals surface area contributed by atoms with Crippen molar-refractivity contribution < 1.29 is 9.59 Å². The van der Waals surface area contributed by atoms with Crippen LogP contribution in [-0.2, 0) is 9.59 Å². The molecule has 2 aromatic carbocycles. The summed E-state index contributed by atoms with van der Waals surface area (Å²) in [4.78, 5) is 27.6. The Kier molecular flexibility index (Phi) is 4.37. The van der Waals surface area contributed by atoms with E-state index in [9.17, 15) is 9.59 Å². The van der Waals surface area contributed by atoms with E-state index in [1.54, 1.807) is 29.2 Å². The molecule has 1 amide bonds. The van der Waals surface area contributed by atoms with Crippen LogP contribution >= 0.6 is 0 Å². The molecular formula is C23H20N2O2. The standard InChI is InChI=1S/C23H20N2O2/c1-15-5-9-17(10-6-15)19-13-22(27)25(18-11-7-16(14-24)8-12-18)20-3-2-4-21(26)23(19)20/h5-12,19H,2-4,13H2,1H3. The number of rotatable bonds is 2. The van der Waals surface area contributed by atoms with E-state index in [0.717, 1.165) is 40.9 Å². The van der Waals surface area contributed by atoms with E-state index in [-0.39, 0.29) is 24.0 Å². The maximum atomic E-state index is 13.1. The lowest BCUT2D eigenvalue weighted by Crippen LogP contribution is -2.40. The summed E-state index contributed by atoms with van der Waals surface area (Å²) in [6.45, 7) is 2.03. The van der Waals surface area contributed by atoms with Crippen molar-refractivity contribution in [1.82, 2.24) is 0 Å². The number of benzene rings is 2. The molecule has 1 aliphatic heterocycles. The lowest BCUT2D eigenvalue weighted by atomic mass is 9.77. The monoisotopic (exact) mass is 356 g/mol. The van der Waals surface area contributed by atoms with E-state index in [1.165, 1.54) is 0 Å². The second kappa shape index (κ2) is 6.85. The molecule has 0 bridgehead atoms. The van der Waals surface area contributed by atoms with E-state index in [2.05, 4.69) is 6.07 Å². The summed E-state index contributed by atoms with van der Waals surface area (Å²) in [5, 5.41) is 9.01. The second-order valence-corrected chi connectivity index (χ2v) is 7.19. The van der Waals surface area contributed by atoms with Crippen molar-refractivity contribution in [2.75, 3.05) is 4.90 Å². The highest BCUT2D eigenvalue weighted by atomic mass is 16.2. The highest BCUT2D eigenvalue weighted by Crippen LogP contribution is 2.43.